The molecule has 1 heterocycles. The maximum atomic E-state index is 10.4. The predicted molar refractivity (Wildman–Crippen MR) is 63.1 cm³/mol. The summed E-state index contributed by atoms with van der Waals surface area (Å²) in [5.74, 6) is -0.850. The van der Waals surface area contributed by atoms with Crippen LogP contribution in [0.4, 0.5) is 5.13 Å². The lowest BCUT2D eigenvalue weighted by atomic mass is 10.3. The van der Waals surface area contributed by atoms with E-state index >= 15 is 0 Å². The van der Waals surface area contributed by atoms with Gasteiger partial charge in [-0.3, -0.25) is 4.79 Å². The summed E-state index contributed by atoms with van der Waals surface area (Å²) in [6.45, 7) is 1.60. The zero-order valence-corrected chi connectivity index (χ0v) is 10.0. The van der Waals surface area contributed by atoms with Gasteiger partial charge in [-0.2, -0.15) is 0 Å². The number of anilines is 1. The molecule has 1 rings (SSSR count). The zero-order chi connectivity index (χ0) is 11.8. The van der Waals surface area contributed by atoms with Crippen molar-refractivity contribution in [2.24, 2.45) is 0 Å². The summed E-state index contributed by atoms with van der Waals surface area (Å²) in [5.41, 5.74) is 0.608. The number of hydrogen-bond donors (Lipinski definition) is 2. The first kappa shape index (κ1) is 12.9. The highest BCUT2D eigenvalue weighted by Crippen LogP contribution is 2.15. The molecule has 16 heavy (non-hydrogen) atoms. The molecule has 0 amide bonds. The highest BCUT2D eigenvalue weighted by molar-refractivity contribution is 7.13. The third-order valence-corrected chi connectivity index (χ3v) is 2.78. The van der Waals surface area contributed by atoms with E-state index in [2.05, 4.69) is 10.3 Å². The standard InChI is InChI=1S/C10H16N2O3S/c1-15-5-3-2-4-11-10-12-8(7-16-10)6-9(13)14/h7H,2-6H2,1H3,(H,11,12)(H,13,14). The van der Waals surface area contributed by atoms with Crippen molar-refractivity contribution in [2.75, 3.05) is 25.6 Å². The number of aromatic nitrogens is 1. The summed E-state index contributed by atoms with van der Waals surface area (Å²) < 4.78 is 4.94. The SMILES string of the molecule is COCCCCNc1nc(CC(=O)O)cs1. The Morgan fingerprint density at radius 2 is 2.44 bits per heavy atom. The van der Waals surface area contributed by atoms with Gasteiger partial charge in [-0.25, -0.2) is 4.98 Å². The van der Waals surface area contributed by atoms with Crippen LogP contribution >= 0.6 is 11.3 Å². The number of rotatable bonds is 8. The van der Waals surface area contributed by atoms with Crippen molar-refractivity contribution in [3.63, 3.8) is 0 Å². The molecule has 0 aromatic carbocycles. The first-order valence-electron chi connectivity index (χ1n) is 5.11. The molecule has 0 spiro atoms. The summed E-state index contributed by atoms with van der Waals surface area (Å²) in [6.07, 6.45) is 2.01. The second kappa shape index (κ2) is 7.19. The van der Waals surface area contributed by atoms with Gasteiger partial charge in [-0.05, 0) is 12.8 Å². The molecule has 90 valence electrons. The Kier molecular flexibility index (Phi) is 5.81. The number of carboxylic acids is 1. The van der Waals surface area contributed by atoms with Crippen LogP contribution in [0.5, 0.6) is 0 Å². The number of ether oxygens (including phenoxy) is 1. The van der Waals surface area contributed by atoms with Gasteiger partial charge in [0.05, 0.1) is 12.1 Å². The predicted octanol–water partition coefficient (Wildman–Crippen LogP) is 1.61. The Morgan fingerprint density at radius 3 is 3.12 bits per heavy atom. The zero-order valence-electron chi connectivity index (χ0n) is 9.23. The molecule has 0 aliphatic carbocycles. The number of unbranched alkanes of at least 4 members (excludes halogenated alkanes) is 1. The number of carboxylic acid groups (broad SMARTS) is 1. The summed E-state index contributed by atoms with van der Waals surface area (Å²) in [7, 11) is 1.69. The van der Waals surface area contributed by atoms with E-state index in [1.165, 1.54) is 11.3 Å². The highest BCUT2D eigenvalue weighted by atomic mass is 32.1. The van der Waals surface area contributed by atoms with Gasteiger partial charge in [-0.15, -0.1) is 11.3 Å². The van der Waals surface area contributed by atoms with Gasteiger partial charge in [0, 0.05) is 25.6 Å². The van der Waals surface area contributed by atoms with Crippen LogP contribution in [0, 0.1) is 0 Å². The smallest absolute Gasteiger partial charge is 0.309 e. The van der Waals surface area contributed by atoms with Gasteiger partial charge >= 0.3 is 5.97 Å². The van der Waals surface area contributed by atoms with Gasteiger partial charge in [-0.1, -0.05) is 0 Å². The third-order valence-electron chi connectivity index (χ3n) is 1.94. The summed E-state index contributed by atoms with van der Waals surface area (Å²) in [6, 6.07) is 0. The molecule has 1 aromatic heterocycles. The van der Waals surface area contributed by atoms with E-state index in [-0.39, 0.29) is 6.42 Å². The van der Waals surface area contributed by atoms with Crippen molar-refractivity contribution in [3.05, 3.63) is 11.1 Å². The number of methoxy groups -OCH3 is 1. The molecule has 5 nitrogen and oxygen atoms in total. The maximum absolute atomic E-state index is 10.4. The number of thiazole rings is 1. The minimum absolute atomic E-state index is 0.0120. The monoisotopic (exact) mass is 244 g/mol. The van der Waals surface area contributed by atoms with Crippen LogP contribution in [0.15, 0.2) is 5.38 Å². The van der Waals surface area contributed by atoms with Crippen molar-refractivity contribution >= 4 is 22.4 Å². The van der Waals surface area contributed by atoms with Gasteiger partial charge in [0.1, 0.15) is 0 Å². The molecule has 0 bridgehead atoms. The third kappa shape index (κ3) is 5.09. The molecular weight excluding hydrogens is 228 g/mol. The van der Waals surface area contributed by atoms with E-state index in [0.717, 1.165) is 31.1 Å². The highest BCUT2D eigenvalue weighted by Gasteiger charge is 2.05. The number of aliphatic carboxylic acids is 1. The summed E-state index contributed by atoms with van der Waals surface area (Å²) in [5, 5.41) is 14.3. The van der Waals surface area contributed by atoms with Crippen molar-refractivity contribution in [2.45, 2.75) is 19.3 Å². The molecule has 0 fully saturated rings. The van der Waals surface area contributed by atoms with Gasteiger partial charge in [0.25, 0.3) is 0 Å². The average molecular weight is 244 g/mol. The van der Waals surface area contributed by atoms with Gasteiger partial charge in [0.15, 0.2) is 5.13 Å². The molecule has 0 radical (unpaired) electrons. The molecule has 0 saturated heterocycles. The molecule has 0 atom stereocenters. The van der Waals surface area contributed by atoms with Gasteiger partial charge in [0.2, 0.25) is 0 Å². The second-order valence-corrected chi connectivity index (χ2v) is 4.20. The Morgan fingerprint density at radius 1 is 1.62 bits per heavy atom. The van der Waals surface area contributed by atoms with E-state index in [4.69, 9.17) is 9.84 Å². The molecule has 0 aliphatic heterocycles. The van der Waals surface area contributed by atoms with E-state index in [1.54, 1.807) is 12.5 Å². The molecular formula is C10H16N2O3S. The lowest BCUT2D eigenvalue weighted by molar-refractivity contribution is -0.136. The van der Waals surface area contributed by atoms with E-state index < -0.39 is 5.97 Å². The van der Waals surface area contributed by atoms with Crippen LogP contribution in [0.2, 0.25) is 0 Å². The summed E-state index contributed by atoms with van der Waals surface area (Å²) >= 11 is 1.44. The largest absolute Gasteiger partial charge is 0.481 e. The number of carbonyl (C=O) groups is 1. The normalized spacial score (nSPS) is 10.3. The van der Waals surface area contributed by atoms with E-state index in [1.807, 2.05) is 0 Å². The van der Waals surface area contributed by atoms with Crippen LogP contribution < -0.4 is 5.32 Å². The minimum Gasteiger partial charge on any atom is -0.481 e. The number of nitrogens with zero attached hydrogens (tertiary/aromatic N) is 1. The molecule has 0 aliphatic rings. The molecule has 2 N–H and O–H groups in total. The topological polar surface area (TPSA) is 71.5 Å². The average Bonchev–Trinajstić information content (AvgIpc) is 2.64. The molecule has 0 saturated carbocycles. The van der Waals surface area contributed by atoms with Crippen molar-refractivity contribution in [3.8, 4) is 0 Å². The van der Waals surface area contributed by atoms with Crippen molar-refractivity contribution in [1.82, 2.24) is 4.98 Å². The molecule has 1 aromatic rings. The van der Waals surface area contributed by atoms with Crippen LogP contribution in [-0.4, -0.2) is 36.3 Å². The Balaban J connectivity index is 2.21. The molecule has 0 unspecified atom stereocenters. The Hall–Kier alpha value is -1.14. The number of hydrogen-bond acceptors (Lipinski definition) is 5. The fourth-order valence-corrected chi connectivity index (χ4v) is 1.93. The van der Waals surface area contributed by atoms with Crippen LogP contribution in [-0.2, 0) is 16.0 Å². The van der Waals surface area contributed by atoms with Gasteiger partial charge < -0.3 is 15.2 Å². The fraction of sp³-hybridized carbons (Fsp3) is 0.600. The number of nitrogens with one attached hydrogen (secondary N) is 1. The van der Waals surface area contributed by atoms with Crippen LogP contribution in [0.1, 0.15) is 18.5 Å². The van der Waals surface area contributed by atoms with E-state index in [0.29, 0.717) is 5.69 Å². The maximum Gasteiger partial charge on any atom is 0.309 e. The Bertz CT molecular complexity index is 328. The van der Waals surface area contributed by atoms with Crippen LogP contribution in [0.25, 0.3) is 0 Å². The van der Waals surface area contributed by atoms with E-state index in [9.17, 15) is 4.79 Å². The Labute approximate surface area is 98.5 Å². The lowest BCUT2D eigenvalue weighted by Gasteiger charge is -2.01. The first-order chi connectivity index (χ1) is 7.72. The van der Waals surface area contributed by atoms with Crippen molar-refractivity contribution in [1.29, 1.82) is 0 Å². The first-order valence-corrected chi connectivity index (χ1v) is 5.99. The summed E-state index contributed by atoms with van der Waals surface area (Å²) in [4.78, 5) is 14.6. The minimum atomic E-state index is -0.850. The second-order valence-electron chi connectivity index (χ2n) is 3.34. The fourth-order valence-electron chi connectivity index (χ4n) is 1.19. The molecule has 6 heteroatoms. The van der Waals surface area contributed by atoms with Crippen LogP contribution in [0.3, 0.4) is 0 Å². The quantitative estimate of drug-likeness (QED) is 0.680. The van der Waals surface area contributed by atoms with Crippen molar-refractivity contribution < 1.29 is 14.6 Å². The lowest BCUT2D eigenvalue weighted by Crippen LogP contribution is -2.04.